The van der Waals surface area contributed by atoms with E-state index in [-0.39, 0.29) is 17.3 Å². The maximum atomic E-state index is 14.1. The number of hydrogen-bond acceptors (Lipinski definition) is 6. The molecule has 0 radical (unpaired) electrons. The van der Waals surface area contributed by atoms with Gasteiger partial charge in [-0.3, -0.25) is 0 Å². The highest BCUT2D eigenvalue weighted by Gasteiger charge is 2.25. The van der Waals surface area contributed by atoms with E-state index >= 15 is 0 Å². The van der Waals surface area contributed by atoms with Crippen LogP contribution in [0.5, 0.6) is 5.75 Å². The molecule has 1 aliphatic heterocycles. The van der Waals surface area contributed by atoms with Crippen LogP contribution < -0.4 is 14.5 Å². The first-order valence-electron chi connectivity index (χ1n) is 8.81. The van der Waals surface area contributed by atoms with E-state index in [9.17, 15) is 14.0 Å². The lowest BCUT2D eigenvalue weighted by Crippen LogP contribution is -2.47. The minimum absolute atomic E-state index is 0.125. The summed E-state index contributed by atoms with van der Waals surface area (Å²) in [4.78, 5) is 3.92. The quantitative estimate of drug-likeness (QED) is 0.695. The zero-order chi connectivity index (χ0) is 19.7. The Morgan fingerprint density at radius 2 is 1.75 bits per heavy atom. The van der Waals surface area contributed by atoms with Gasteiger partial charge in [0.25, 0.3) is 0 Å². The summed E-state index contributed by atoms with van der Waals surface area (Å²) in [5.41, 5.74) is 1.60. The Kier molecular flexibility index (Phi) is 4.65. The average Bonchev–Trinajstić information content (AvgIpc) is 2.72. The number of anilines is 2. The fourth-order valence-corrected chi connectivity index (χ4v) is 3.56. The molecule has 2 heterocycles. The molecule has 142 valence electrons. The Hall–Kier alpha value is -3.47. The van der Waals surface area contributed by atoms with Crippen LogP contribution in [0.15, 0.2) is 36.4 Å². The Morgan fingerprint density at radius 3 is 2.43 bits per heavy atom. The van der Waals surface area contributed by atoms with Crippen molar-refractivity contribution in [3.8, 4) is 11.8 Å². The summed E-state index contributed by atoms with van der Waals surface area (Å²) in [6.07, 6.45) is 0. The van der Waals surface area contributed by atoms with Gasteiger partial charge in [-0.1, -0.05) is 12.1 Å². The molecule has 0 aliphatic carbocycles. The lowest BCUT2D eigenvalue weighted by atomic mass is 10.1. The Morgan fingerprint density at radius 1 is 1.04 bits per heavy atom. The topological polar surface area (TPSA) is 65.3 Å². The van der Waals surface area contributed by atoms with Crippen molar-refractivity contribution in [2.45, 2.75) is 0 Å². The van der Waals surface area contributed by atoms with Gasteiger partial charge in [0.1, 0.15) is 29.0 Å². The van der Waals surface area contributed by atoms with E-state index in [1.165, 1.54) is 25.3 Å². The van der Waals surface area contributed by atoms with Crippen LogP contribution in [-0.4, -0.2) is 43.5 Å². The van der Waals surface area contributed by atoms with E-state index in [2.05, 4.69) is 10.2 Å². The van der Waals surface area contributed by atoms with Gasteiger partial charge in [0.2, 0.25) is 0 Å². The highest BCUT2D eigenvalue weighted by Crippen LogP contribution is 2.34. The number of fused-ring (bicyclic) bond motifs is 1. The van der Waals surface area contributed by atoms with Crippen molar-refractivity contribution in [2.75, 3.05) is 43.1 Å². The van der Waals surface area contributed by atoms with E-state index in [4.69, 9.17) is 4.74 Å². The zero-order valence-electron chi connectivity index (χ0n) is 15.2. The van der Waals surface area contributed by atoms with Crippen molar-refractivity contribution in [2.24, 2.45) is 0 Å². The van der Waals surface area contributed by atoms with Gasteiger partial charge in [0.15, 0.2) is 5.69 Å². The number of ether oxygens (including phenoxy) is 1. The second-order valence-corrected chi connectivity index (χ2v) is 6.44. The lowest BCUT2D eigenvalue weighted by Gasteiger charge is -2.37. The maximum absolute atomic E-state index is 14.1. The van der Waals surface area contributed by atoms with Crippen molar-refractivity contribution < 1.29 is 13.5 Å². The molecule has 0 amide bonds. The van der Waals surface area contributed by atoms with Gasteiger partial charge in [-0.25, -0.2) is 8.78 Å². The third-order valence-corrected chi connectivity index (χ3v) is 4.88. The fraction of sp³-hybridized carbons (Fsp3) is 0.250. The first-order valence-corrected chi connectivity index (χ1v) is 8.81. The SMILES string of the molecule is COc1cc(F)cc2c(N3CCN(c4ccccc4F)CC3)c(C#N)nnc12. The summed E-state index contributed by atoms with van der Waals surface area (Å²) in [7, 11) is 1.43. The van der Waals surface area contributed by atoms with Crippen LogP contribution in [0.1, 0.15) is 5.69 Å². The molecule has 1 aromatic heterocycles. The normalized spacial score (nSPS) is 14.2. The van der Waals surface area contributed by atoms with Crippen LogP contribution in [-0.2, 0) is 0 Å². The molecule has 2 aromatic carbocycles. The summed E-state index contributed by atoms with van der Waals surface area (Å²) in [5.74, 6) is -0.484. The molecule has 4 rings (SSSR count). The minimum Gasteiger partial charge on any atom is -0.494 e. The molecule has 0 N–H and O–H groups in total. The monoisotopic (exact) mass is 381 g/mol. The minimum atomic E-state index is -0.479. The van der Waals surface area contributed by atoms with E-state index < -0.39 is 5.82 Å². The number of aromatic nitrogens is 2. The van der Waals surface area contributed by atoms with Crippen LogP contribution in [0.2, 0.25) is 0 Å². The largest absolute Gasteiger partial charge is 0.494 e. The third kappa shape index (κ3) is 3.05. The number of piperazine rings is 1. The summed E-state index contributed by atoms with van der Waals surface area (Å²) in [6.45, 7) is 2.18. The predicted octanol–water partition coefficient (Wildman–Crippen LogP) is 3.11. The van der Waals surface area contributed by atoms with Crippen molar-refractivity contribution in [3.63, 3.8) is 0 Å². The number of rotatable bonds is 3. The first kappa shape index (κ1) is 17.9. The Balaban J connectivity index is 1.71. The standard InChI is InChI=1S/C20H17F2N5O/c1-28-18-11-13(21)10-14-19(18)25-24-16(12-23)20(14)27-8-6-26(7-9-27)17-5-3-2-4-15(17)22/h2-5,10-11H,6-9H2,1H3. The molecule has 0 unspecified atom stereocenters. The molecule has 0 bridgehead atoms. The van der Waals surface area contributed by atoms with Gasteiger partial charge >= 0.3 is 0 Å². The molecule has 28 heavy (non-hydrogen) atoms. The molecular weight excluding hydrogens is 364 g/mol. The molecular formula is C20H17F2N5O. The summed E-state index contributed by atoms with van der Waals surface area (Å²) >= 11 is 0. The van der Waals surface area contributed by atoms with E-state index in [1.54, 1.807) is 18.2 Å². The molecule has 0 saturated carbocycles. The molecule has 8 heteroatoms. The molecule has 0 spiro atoms. The zero-order valence-corrected chi connectivity index (χ0v) is 15.2. The smallest absolute Gasteiger partial charge is 0.187 e. The predicted molar refractivity (Wildman–Crippen MR) is 102 cm³/mol. The average molecular weight is 381 g/mol. The van der Waals surface area contributed by atoms with Crippen molar-refractivity contribution in [3.05, 3.63) is 53.7 Å². The molecule has 1 fully saturated rings. The molecule has 1 saturated heterocycles. The maximum Gasteiger partial charge on any atom is 0.187 e. The number of halogens is 2. The fourth-order valence-electron chi connectivity index (χ4n) is 3.56. The highest BCUT2D eigenvalue weighted by atomic mass is 19.1. The van der Waals surface area contributed by atoms with E-state index in [1.807, 2.05) is 15.9 Å². The summed E-state index contributed by atoms with van der Waals surface area (Å²) < 4.78 is 33.4. The molecule has 0 atom stereocenters. The molecule has 3 aromatic rings. The number of hydrogen-bond donors (Lipinski definition) is 0. The second-order valence-electron chi connectivity index (χ2n) is 6.44. The highest BCUT2D eigenvalue weighted by molar-refractivity contribution is 5.96. The van der Waals surface area contributed by atoms with Gasteiger partial charge in [0, 0.05) is 37.6 Å². The van der Waals surface area contributed by atoms with Gasteiger partial charge < -0.3 is 14.5 Å². The number of para-hydroxylation sites is 1. The summed E-state index contributed by atoms with van der Waals surface area (Å²) in [5, 5.41) is 18.0. The van der Waals surface area contributed by atoms with Crippen LogP contribution in [0.25, 0.3) is 10.9 Å². The van der Waals surface area contributed by atoms with Gasteiger partial charge in [-0.05, 0) is 18.2 Å². The second kappa shape index (κ2) is 7.27. The third-order valence-electron chi connectivity index (χ3n) is 4.88. The number of nitriles is 1. The number of methoxy groups -OCH3 is 1. The Labute approximate surface area is 160 Å². The van der Waals surface area contributed by atoms with E-state index in [0.717, 1.165) is 0 Å². The van der Waals surface area contributed by atoms with Crippen LogP contribution in [0.4, 0.5) is 20.2 Å². The van der Waals surface area contributed by atoms with Crippen LogP contribution >= 0.6 is 0 Å². The van der Waals surface area contributed by atoms with Crippen LogP contribution in [0, 0.1) is 23.0 Å². The van der Waals surface area contributed by atoms with Gasteiger partial charge in [0.05, 0.1) is 18.5 Å². The lowest BCUT2D eigenvalue weighted by molar-refractivity contribution is 0.415. The van der Waals surface area contributed by atoms with Crippen molar-refractivity contribution in [1.82, 2.24) is 10.2 Å². The summed E-state index contributed by atoms with van der Waals surface area (Å²) in [6, 6.07) is 11.3. The van der Waals surface area contributed by atoms with Crippen LogP contribution in [0.3, 0.4) is 0 Å². The Bertz CT molecular complexity index is 1070. The first-order chi connectivity index (χ1) is 13.6. The van der Waals surface area contributed by atoms with Crippen molar-refractivity contribution in [1.29, 1.82) is 5.26 Å². The van der Waals surface area contributed by atoms with Crippen molar-refractivity contribution >= 4 is 22.3 Å². The van der Waals surface area contributed by atoms with Gasteiger partial charge in [-0.15, -0.1) is 10.2 Å². The van der Waals surface area contributed by atoms with Gasteiger partial charge in [-0.2, -0.15) is 5.26 Å². The number of nitrogens with zero attached hydrogens (tertiary/aromatic N) is 5. The van der Waals surface area contributed by atoms with E-state index in [0.29, 0.717) is 48.5 Å². The molecule has 6 nitrogen and oxygen atoms in total. The number of benzene rings is 2. The molecule has 1 aliphatic rings.